The van der Waals surface area contributed by atoms with Gasteiger partial charge in [-0.25, -0.2) is 0 Å². The standard InChI is InChI=1S/C14H30N2O2/c1-6-18-14(17)13(15)7-8-16(9-11(2)3)10-12(4)5/h11-13H,6-10,15H2,1-5H3. The van der Waals surface area contributed by atoms with E-state index in [1.54, 1.807) is 6.92 Å². The van der Waals surface area contributed by atoms with Crippen LogP contribution in [0.3, 0.4) is 0 Å². The number of rotatable bonds is 9. The Labute approximate surface area is 112 Å². The Balaban J connectivity index is 4.11. The van der Waals surface area contributed by atoms with Gasteiger partial charge in [-0.1, -0.05) is 27.7 Å². The lowest BCUT2D eigenvalue weighted by molar-refractivity contribution is -0.144. The van der Waals surface area contributed by atoms with Crippen LogP contribution in [0.2, 0.25) is 0 Å². The minimum atomic E-state index is -0.494. The van der Waals surface area contributed by atoms with Crippen LogP contribution in [-0.2, 0) is 9.53 Å². The molecule has 0 spiro atoms. The molecule has 0 aliphatic rings. The molecule has 1 unspecified atom stereocenters. The highest BCUT2D eigenvalue weighted by Crippen LogP contribution is 2.06. The van der Waals surface area contributed by atoms with E-state index >= 15 is 0 Å². The van der Waals surface area contributed by atoms with Gasteiger partial charge in [0.15, 0.2) is 0 Å². The molecule has 0 amide bonds. The Bertz CT molecular complexity index is 220. The first-order valence-electron chi connectivity index (χ1n) is 7.01. The molecule has 0 aliphatic carbocycles. The monoisotopic (exact) mass is 258 g/mol. The Morgan fingerprint density at radius 1 is 1.17 bits per heavy atom. The van der Waals surface area contributed by atoms with Gasteiger partial charge in [0, 0.05) is 19.6 Å². The summed E-state index contributed by atoms with van der Waals surface area (Å²) in [6.07, 6.45) is 0.665. The molecule has 0 rings (SSSR count). The molecule has 4 heteroatoms. The van der Waals surface area contributed by atoms with Gasteiger partial charge in [0.1, 0.15) is 6.04 Å². The van der Waals surface area contributed by atoms with Crippen LogP contribution in [0.4, 0.5) is 0 Å². The summed E-state index contributed by atoms with van der Waals surface area (Å²) < 4.78 is 4.92. The molecule has 0 saturated heterocycles. The van der Waals surface area contributed by atoms with Crippen molar-refractivity contribution in [1.82, 2.24) is 4.90 Å². The third-order valence-corrected chi connectivity index (χ3v) is 2.59. The zero-order chi connectivity index (χ0) is 14.1. The quantitative estimate of drug-likeness (QED) is 0.642. The van der Waals surface area contributed by atoms with Gasteiger partial charge in [0.05, 0.1) is 6.61 Å². The van der Waals surface area contributed by atoms with Crippen molar-refractivity contribution in [1.29, 1.82) is 0 Å². The fourth-order valence-electron chi connectivity index (χ4n) is 1.98. The molecule has 0 aromatic rings. The SMILES string of the molecule is CCOC(=O)C(N)CCN(CC(C)C)CC(C)C. The average molecular weight is 258 g/mol. The molecule has 0 heterocycles. The highest BCUT2D eigenvalue weighted by Gasteiger charge is 2.17. The van der Waals surface area contributed by atoms with Crippen molar-refractivity contribution in [3.05, 3.63) is 0 Å². The summed E-state index contributed by atoms with van der Waals surface area (Å²) in [6, 6.07) is -0.494. The van der Waals surface area contributed by atoms with Crippen LogP contribution >= 0.6 is 0 Å². The fraction of sp³-hybridized carbons (Fsp3) is 0.929. The molecular weight excluding hydrogens is 228 g/mol. The number of nitrogens with zero attached hydrogens (tertiary/aromatic N) is 1. The smallest absolute Gasteiger partial charge is 0.322 e. The van der Waals surface area contributed by atoms with Crippen LogP contribution in [0.5, 0.6) is 0 Å². The van der Waals surface area contributed by atoms with E-state index in [1.165, 1.54) is 0 Å². The summed E-state index contributed by atoms with van der Waals surface area (Å²) in [5.74, 6) is 0.969. The van der Waals surface area contributed by atoms with Crippen molar-refractivity contribution in [2.75, 3.05) is 26.2 Å². The first kappa shape index (κ1) is 17.4. The highest BCUT2D eigenvalue weighted by atomic mass is 16.5. The molecule has 0 aromatic heterocycles. The van der Waals surface area contributed by atoms with E-state index in [2.05, 4.69) is 32.6 Å². The van der Waals surface area contributed by atoms with Gasteiger partial charge >= 0.3 is 5.97 Å². The van der Waals surface area contributed by atoms with Crippen molar-refractivity contribution < 1.29 is 9.53 Å². The molecule has 4 nitrogen and oxygen atoms in total. The molecule has 0 aliphatic heterocycles. The van der Waals surface area contributed by atoms with E-state index in [9.17, 15) is 4.79 Å². The average Bonchev–Trinajstić information content (AvgIpc) is 2.24. The van der Waals surface area contributed by atoms with Crippen LogP contribution in [0.15, 0.2) is 0 Å². The third kappa shape index (κ3) is 8.48. The minimum Gasteiger partial charge on any atom is -0.465 e. The zero-order valence-electron chi connectivity index (χ0n) is 12.6. The van der Waals surface area contributed by atoms with Crippen LogP contribution in [0.1, 0.15) is 41.0 Å². The summed E-state index contributed by atoms with van der Waals surface area (Å²) in [7, 11) is 0. The predicted molar refractivity (Wildman–Crippen MR) is 75.3 cm³/mol. The van der Waals surface area contributed by atoms with Gasteiger partial charge < -0.3 is 15.4 Å². The van der Waals surface area contributed by atoms with Gasteiger partial charge in [-0.2, -0.15) is 0 Å². The maximum absolute atomic E-state index is 11.4. The minimum absolute atomic E-state index is 0.286. The van der Waals surface area contributed by atoms with E-state index < -0.39 is 6.04 Å². The van der Waals surface area contributed by atoms with Crippen molar-refractivity contribution in [2.24, 2.45) is 17.6 Å². The number of ether oxygens (including phenoxy) is 1. The fourth-order valence-corrected chi connectivity index (χ4v) is 1.98. The summed E-state index contributed by atoms with van der Waals surface area (Å²) in [5.41, 5.74) is 5.81. The molecule has 0 saturated carbocycles. The topological polar surface area (TPSA) is 55.6 Å². The zero-order valence-corrected chi connectivity index (χ0v) is 12.6. The molecule has 1 atom stereocenters. The second-order valence-electron chi connectivity index (χ2n) is 5.69. The van der Waals surface area contributed by atoms with Crippen molar-refractivity contribution in [3.63, 3.8) is 0 Å². The highest BCUT2D eigenvalue weighted by molar-refractivity contribution is 5.75. The predicted octanol–water partition coefficient (Wildman–Crippen LogP) is 1.88. The Kier molecular flexibility index (Phi) is 9.02. The lowest BCUT2D eigenvalue weighted by atomic mass is 10.1. The Morgan fingerprint density at radius 2 is 1.67 bits per heavy atom. The first-order chi connectivity index (χ1) is 8.36. The lowest BCUT2D eigenvalue weighted by Gasteiger charge is -2.26. The first-order valence-corrected chi connectivity index (χ1v) is 7.01. The van der Waals surface area contributed by atoms with Crippen molar-refractivity contribution in [2.45, 2.75) is 47.1 Å². The molecule has 108 valence electrons. The Morgan fingerprint density at radius 3 is 2.06 bits per heavy atom. The maximum atomic E-state index is 11.4. The number of carbonyl (C=O) groups excluding carboxylic acids is 1. The number of nitrogens with two attached hydrogens (primary N) is 1. The molecule has 0 radical (unpaired) electrons. The maximum Gasteiger partial charge on any atom is 0.322 e. The van der Waals surface area contributed by atoms with Gasteiger partial charge in [-0.15, -0.1) is 0 Å². The Hall–Kier alpha value is -0.610. The van der Waals surface area contributed by atoms with E-state index in [0.717, 1.165) is 19.6 Å². The van der Waals surface area contributed by atoms with E-state index in [0.29, 0.717) is 24.9 Å². The molecular formula is C14H30N2O2. The van der Waals surface area contributed by atoms with Gasteiger partial charge in [0.2, 0.25) is 0 Å². The number of hydrogen-bond acceptors (Lipinski definition) is 4. The van der Waals surface area contributed by atoms with Gasteiger partial charge in [-0.3, -0.25) is 4.79 Å². The second kappa shape index (κ2) is 9.34. The molecule has 0 fully saturated rings. The summed E-state index contributed by atoms with van der Waals surface area (Å²) in [5, 5.41) is 0. The summed E-state index contributed by atoms with van der Waals surface area (Å²) in [4.78, 5) is 13.8. The van der Waals surface area contributed by atoms with E-state index in [-0.39, 0.29) is 5.97 Å². The second-order valence-corrected chi connectivity index (χ2v) is 5.69. The lowest BCUT2D eigenvalue weighted by Crippen LogP contribution is -2.39. The largest absolute Gasteiger partial charge is 0.465 e. The van der Waals surface area contributed by atoms with Crippen LogP contribution in [-0.4, -0.2) is 43.2 Å². The van der Waals surface area contributed by atoms with Crippen LogP contribution in [0.25, 0.3) is 0 Å². The molecule has 0 bridgehead atoms. The number of carbonyl (C=O) groups is 1. The van der Waals surface area contributed by atoms with E-state index in [4.69, 9.17) is 10.5 Å². The number of esters is 1. The molecule has 0 aromatic carbocycles. The summed E-state index contributed by atoms with van der Waals surface area (Å²) in [6.45, 7) is 14.0. The molecule has 18 heavy (non-hydrogen) atoms. The van der Waals surface area contributed by atoms with Gasteiger partial charge in [0.25, 0.3) is 0 Å². The van der Waals surface area contributed by atoms with Crippen LogP contribution < -0.4 is 5.73 Å². The van der Waals surface area contributed by atoms with Gasteiger partial charge in [-0.05, 0) is 25.2 Å². The van der Waals surface area contributed by atoms with Crippen LogP contribution in [0, 0.1) is 11.8 Å². The normalized spacial score (nSPS) is 13.4. The third-order valence-electron chi connectivity index (χ3n) is 2.59. The van der Waals surface area contributed by atoms with E-state index in [1.807, 2.05) is 0 Å². The van der Waals surface area contributed by atoms with Crippen molar-refractivity contribution >= 4 is 5.97 Å². The summed E-state index contributed by atoms with van der Waals surface area (Å²) >= 11 is 0. The number of hydrogen-bond donors (Lipinski definition) is 1. The van der Waals surface area contributed by atoms with Crippen molar-refractivity contribution in [3.8, 4) is 0 Å². The molecule has 2 N–H and O–H groups in total.